The smallest absolute Gasteiger partial charge is 0.213 e. The van der Waals surface area contributed by atoms with E-state index in [-0.39, 0.29) is 0 Å². The average Bonchev–Trinajstić information content (AvgIpc) is 2.53. The Bertz CT molecular complexity index is 444. The molecule has 1 aromatic rings. The number of rotatable bonds is 7. The Morgan fingerprint density at radius 3 is 2.73 bits per heavy atom. The van der Waals surface area contributed by atoms with E-state index in [2.05, 4.69) is 11.9 Å². The molecule has 2 rings (SSSR count). The third-order valence-electron chi connectivity index (χ3n) is 4.85. The quantitative estimate of drug-likeness (QED) is 0.832. The topological polar surface area (TPSA) is 51.6 Å². The minimum absolute atomic E-state index is 0.326. The van der Waals surface area contributed by atoms with Gasteiger partial charge in [-0.25, -0.2) is 4.98 Å². The van der Waals surface area contributed by atoms with Gasteiger partial charge in [0.25, 0.3) is 0 Å². The minimum Gasteiger partial charge on any atom is -0.492 e. The lowest BCUT2D eigenvalue weighted by molar-refractivity contribution is -0.0578. The van der Waals surface area contributed by atoms with Crippen LogP contribution >= 0.6 is 0 Å². The summed E-state index contributed by atoms with van der Waals surface area (Å²) in [6.07, 6.45) is 8.24. The second-order valence-electron chi connectivity index (χ2n) is 6.61. The van der Waals surface area contributed by atoms with Crippen LogP contribution in [0.15, 0.2) is 18.3 Å². The molecule has 4 nitrogen and oxygen atoms in total. The third-order valence-corrected chi connectivity index (χ3v) is 4.85. The van der Waals surface area contributed by atoms with Gasteiger partial charge in [0.1, 0.15) is 5.75 Å². The number of hydrogen-bond donors (Lipinski definition) is 1. The fraction of sp³-hybridized carbons (Fsp3) is 0.722. The highest BCUT2D eigenvalue weighted by Crippen LogP contribution is 2.39. The van der Waals surface area contributed by atoms with E-state index in [0.717, 1.165) is 31.4 Å². The lowest BCUT2D eigenvalue weighted by Gasteiger charge is -2.41. The van der Waals surface area contributed by atoms with Crippen LogP contribution in [0.5, 0.6) is 11.6 Å². The molecule has 0 radical (unpaired) electrons. The average molecular weight is 307 g/mol. The Morgan fingerprint density at radius 1 is 1.32 bits per heavy atom. The van der Waals surface area contributed by atoms with Crippen LogP contribution in [0.25, 0.3) is 0 Å². The molecule has 0 bridgehead atoms. The first-order chi connectivity index (χ1) is 10.6. The van der Waals surface area contributed by atoms with E-state index in [1.807, 2.05) is 13.0 Å². The molecule has 22 heavy (non-hydrogen) atoms. The Morgan fingerprint density at radius 2 is 2.09 bits per heavy atom. The van der Waals surface area contributed by atoms with E-state index >= 15 is 0 Å². The monoisotopic (exact) mass is 307 g/mol. The second kappa shape index (κ2) is 7.82. The largest absolute Gasteiger partial charge is 0.492 e. The predicted octanol–water partition coefficient (Wildman–Crippen LogP) is 3.83. The first kappa shape index (κ1) is 17.1. The molecule has 0 aliphatic heterocycles. The maximum absolute atomic E-state index is 10.8. The van der Waals surface area contributed by atoms with Crippen LogP contribution in [-0.4, -0.2) is 29.4 Å². The highest BCUT2D eigenvalue weighted by atomic mass is 16.5. The normalized spacial score (nSPS) is 24.5. The number of hydrogen-bond acceptors (Lipinski definition) is 4. The van der Waals surface area contributed by atoms with Crippen LogP contribution in [0.2, 0.25) is 0 Å². The molecule has 124 valence electrons. The number of aromatic nitrogens is 1. The van der Waals surface area contributed by atoms with Crippen LogP contribution in [-0.2, 0) is 0 Å². The molecule has 4 heteroatoms. The van der Waals surface area contributed by atoms with Crippen molar-refractivity contribution in [2.45, 2.75) is 58.0 Å². The highest BCUT2D eigenvalue weighted by Gasteiger charge is 2.38. The van der Waals surface area contributed by atoms with Crippen LogP contribution in [0.4, 0.5) is 0 Å². The molecular weight excluding hydrogens is 278 g/mol. The molecule has 1 saturated carbocycles. The van der Waals surface area contributed by atoms with Crippen molar-refractivity contribution in [1.82, 2.24) is 4.98 Å². The molecule has 3 atom stereocenters. The van der Waals surface area contributed by atoms with Gasteiger partial charge in [-0.2, -0.15) is 0 Å². The summed E-state index contributed by atoms with van der Waals surface area (Å²) < 4.78 is 11.0. The van der Waals surface area contributed by atoms with E-state index in [4.69, 9.17) is 9.47 Å². The number of ether oxygens (including phenoxy) is 2. The molecule has 3 unspecified atom stereocenters. The maximum Gasteiger partial charge on any atom is 0.213 e. The summed E-state index contributed by atoms with van der Waals surface area (Å²) in [7, 11) is 1.60. The number of nitrogens with zero attached hydrogens (tertiary/aromatic N) is 1. The lowest BCUT2D eigenvalue weighted by Crippen LogP contribution is -2.42. The fourth-order valence-electron chi connectivity index (χ4n) is 3.69. The highest BCUT2D eigenvalue weighted by molar-refractivity contribution is 5.22. The summed E-state index contributed by atoms with van der Waals surface area (Å²) in [4.78, 5) is 4.16. The van der Waals surface area contributed by atoms with Gasteiger partial charge in [0, 0.05) is 6.07 Å². The van der Waals surface area contributed by atoms with Gasteiger partial charge in [-0.3, -0.25) is 0 Å². The summed E-state index contributed by atoms with van der Waals surface area (Å²) in [6, 6.07) is 3.69. The van der Waals surface area contributed by atoms with Crippen molar-refractivity contribution in [3.05, 3.63) is 18.3 Å². The summed E-state index contributed by atoms with van der Waals surface area (Å²) >= 11 is 0. The van der Waals surface area contributed by atoms with Crippen LogP contribution in [0.1, 0.15) is 52.4 Å². The van der Waals surface area contributed by atoms with Gasteiger partial charge in [-0.05, 0) is 44.1 Å². The summed E-state index contributed by atoms with van der Waals surface area (Å²) in [5.74, 6) is 2.10. The standard InChI is InChI=1S/C18H29NO3/c1-4-11-18(2,20)16-8-6-5-7-14(16)13-22-15-9-10-17(21-3)19-12-15/h9-10,12,14,16,20H,4-8,11,13H2,1-3H3. The lowest BCUT2D eigenvalue weighted by atomic mass is 9.69. The van der Waals surface area contributed by atoms with E-state index in [1.165, 1.54) is 12.8 Å². The molecule has 1 N–H and O–H groups in total. The Kier molecular flexibility index (Phi) is 6.07. The Hall–Kier alpha value is -1.29. The molecule has 0 aromatic carbocycles. The van der Waals surface area contributed by atoms with Crippen LogP contribution in [0.3, 0.4) is 0 Å². The fourth-order valence-corrected chi connectivity index (χ4v) is 3.69. The van der Waals surface area contributed by atoms with Gasteiger partial charge in [-0.15, -0.1) is 0 Å². The van der Waals surface area contributed by atoms with Crippen molar-refractivity contribution in [2.75, 3.05) is 13.7 Å². The van der Waals surface area contributed by atoms with Crippen molar-refractivity contribution < 1.29 is 14.6 Å². The molecule has 1 aliphatic rings. The zero-order valence-electron chi connectivity index (χ0n) is 14.0. The number of aliphatic hydroxyl groups is 1. The van der Waals surface area contributed by atoms with E-state index < -0.39 is 5.60 Å². The molecule has 1 aromatic heterocycles. The zero-order chi connectivity index (χ0) is 16.0. The number of pyridine rings is 1. The second-order valence-corrected chi connectivity index (χ2v) is 6.61. The van der Waals surface area contributed by atoms with Gasteiger partial charge < -0.3 is 14.6 Å². The molecule has 0 amide bonds. The zero-order valence-corrected chi connectivity index (χ0v) is 14.0. The van der Waals surface area contributed by atoms with Crippen molar-refractivity contribution in [3.8, 4) is 11.6 Å². The number of methoxy groups -OCH3 is 1. The van der Waals surface area contributed by atoms with Crippen molar-refractivity contribution in [2.24, 2.45) is 11.8 Å². The van der Waals surface area contributed by atoms with Gasteiger partial charge in [0.05, 0.1) is 25.5 Å². The molecule has 0 saturated heterocycles. The van der Waals surface area contributed by atoms with Gasteiger partial charge in [0.2, 0.25) is 5.88 Å². The molecule has 1 fully saturated rings. The summed E-state index contributed by atoms with van der Waals surface area (Å²) in [6.45, 7) is 4.78. The molecule has 0 spiro atoms. The third kappa shape index (κ3) is 4.35. The summed E-state index contributed by atoms with van der Waals surface area (Å²) in [5, 5.41) is 10.8. The van der Waals surface area contributed by atoms with Gasteiger partial charge >= 0.3 is 0 Å². The van der Waals surface area contributed by atoms with Crippen LogP contribution < -0.4 is 9.47 Å². The van der Waals surface area contributed by atoms with E-state index in [0.29, 0.717) is 24.3 Å². The van der Waals surface area contributed by atoms with Crippen molar-refractivity contribution in [1.29, 1.82) is 0 Å². The van der Waals surface area contributed by atoms with Crippen molar-refractivity contribution >= 4 is 0 Å². The Labute approximate surface area is 133 Å². The molecule has 1 heterocycles. The first-order valence-electron chi connectivity index (χ1n) is 8.42. The van der Waals surface area contributed by atoms with Gasteiger partial charge in [0.15, 0.2) is 0 Å². The maximum atomic E-state index is 10.8. The van der Waals surface area contributed by atoms with E-state index in [9.17, 15) is 5.11 Å². The molecule has 1 aliphatic carbocycles. The summed E-state index contributed by atoms with van der Waals surface area (Å²) in [5.41, 5.74) is -0.582. The van der Waals surface area contributed by atoms with Crippen LogP contribution in [0, 0.1) is 11.8 Å². The van der Waals surface area contributed by atoms with E-state index in [1.54, 1.807) is 19.4 Å². The minimum atomic E-state index is -0.582. The predicted molar refractivity (Wildman–Crippen MR) is 87.3 cm³/mol. The first-order valence-corrected chi connectivity index (χ1v) is 8.42. The SMILES string of the molecule is CCCC(C)(O)C1CCCCC1COc1ccc(OC)nc1. The Balaban J connectivity index is 1.96. The molecular formula is C18H29NO3. The van der Waals surface area contributed by atoms with Gasteiger partial charge in [-0.1, -0.05) is 26.2 Å². The van der Waals surface area contributed by atoms with Crippen molar-refractivity contribution in [3.63, 3.8) is 0 Å².